The summed E-state index contributed by atoms with van der Waals surface area (Å²) in [5, 5.41) is 20.8. The summed E-state index contributed by atoms with van der Waals surface area (Å²) in [5.74, 6) is 0. The fourth-order valence-electron chi connectivity index (χ4n) is 3.07. The van der Waals surface area contributed by atoms with Crippen LogP contribution in [0.25, 0.3) is 19.5 Å². The molecule has 0 aromatic carbocycles. The second-order valence-corrected chi connectivity index (χ2v) is 12.3. The highest BCUT2D eigenvalue weighted by Crippen LogP contribution is 2.39. The largest absolute Gasteiger partial charge is 0.502 e. The first-order valence-corrected chi connectivity index (χ1v) is 13.4. The molecule has 0 fully saturated rings. The van der Waals surface area contributed by atoms with Crippen LogP contribution < -0.4 is 4.78 Å². The monoisotopic (exact) mass is 476 g/mol. The number of unbranched alkanes of at least 4 members (excludes halogenated alkanes) is 3. The minimum absolute atomic E-state index is 0.743. The third kappa shape index (κ3) is 6.31. The molecule has 3 aromatic heterocycles. The summed E-state index contributed by atoms with van der Waals surface area (Å²) in [5.41, 5.74) is -1.94. The predicted molar refractivity (Wildman–Crippen MR) is 138 cm³/mol. The van der Waals surface area contributed by atoms with Gasteiger partial charge in [-0.25, -0.2) is 0 Å². The van der Waals surface area contributed by atoms with Crippen molar-refractivity contribution in [2.45, 2.75) is 77.9 Å². The SMILES string of the molecule is CCCCCCc1ccc(-c2ccc(-c3ccc(B(O)OC(C)(C)C(C)(C)O)s3)s2)s1. The Balaban J connectivity index is 1.66. The van der Waals surface area contributed by atoms with Crippen molar-refractivity contribution in [1.82, 2.24) is 0 Å². The summed E-state index contributed by atoms with van der Waals surface area (Å²) >= 11 is 5.22. The van der Waals surface area contributed by atoms with Gasteiger partial charge in [0, 0.05) is 29.2 Å². The Hall–Kier alpha value is -0.955. The number of rotatable bonds is 11. The summed E-state index contributed by atoms with van der Waals surface area (Å²) in [6.07, 6.45) is 6.37. The van der Waals surface area contributed by atoms with E-state index in [4.69, 9.17) is 4.65 Å². The lowest BCUT2D eigenvalue weighted by Crippen LogP contribution is -2.52. The fourth-order valence-corrected chi connectivity index (χ4v) is 6.23. The first kappa shape index (κ1) is 24.7. The third-order valence-electron chi connectivity index (χ3n) is 5.78. The molecule has 3 heterocycles. The van der Waals surface area contributed by atoms with Gasteiger partial charge in [0.05, 0.1) is 11.2 Å². The summed E-state index contributed by atoms with van der Waals surface area (Å²) in [7, 11) is -1.06. The van der Waals surface area contributed by atoms with Crippen molar-refractivity contribution >= 4 is 45.9 Å². The predicted octanol–water partition coefficient (Wildman–Crippen LogP) is 6.58. The van der Waals surface area contributed by atoms with Crippen molar-refractivity contribution in [2.75, 3.05) is 0 Å². The molecule has 7 heteroatoms. The van der Waals surface area contributed by atoms with Crippen molar-refractivity contribution in [2.24, 2.45) is 0 Å². The van der Waals surface area contributed by atoms with Gasteiger partial charge in [0.2, 0.25) is 0 Å². The van der Waals surface area contributed by atoms with Crippen LogP contribution in [0.15, 0.2) is 36.4 Å². The van der Waals surface area contributed by atoms with E-state index in [1.807, 2.05) is 23.5 Å². The van der Waals surface area contributed by atoms with E-state index in [1.54, 1.807) is 39.0 Å². The molecule has 3 rings (SSSR count). The number of hydrogen-bond acceptors (Lipinski definition) is 6. The normalized spacial score (nSPS) is 12.5. The molecule has 0 amide bonds. The minimum Gasteiger partial charge on any atom is -0.423 e. The minimum atomic E-state index is -1.06. The lowest BCUT2D eigenvalue weighted by molar-refractivity contribution is -0.0981. The molecule has 2 N–H and O–H groups in total. The van der Waals surface area contributed by atoms with Gasteiger partial charge in [-0.3, -0.25) is 0 Å². The zero-order chi connectivity index (χ0) is 22.6. The van der Waals surface area contributed by atoms with Gasteiger partial charge in [0.15, 0.2) is 0 Å². The zero-order valence-electron chi connectivity index (χ0n) is 19.1. The number of hydrogen-bond donors (Lipinski definition) is 2. The number of thiophene rings is 3. The average molecular weight is 477 g/mol. The molecule has 0 aliphatic carbocycles. The van der Waals surface area contributed by atoms with Crippen LogP contribution in [-0.2, 0) is 11.1 Å². The smallest absolute Gasteiger partial charge is 0.423 e. The van der Waals surface area contributed by atoms with Gasteiger partial charge in [0.1, 0.15) is 0 Å². The molecule has 0 spiro atoms. The van der Waals surface area contributed by atoms with Crippen LogP contribution in [0.4, 0.5) is 0 Å². The van der Waals surface area contributed by atoms with E-state index >= 15 is 0 Å². The molecule has 0 aliphatic heterocycles. The highest BCUT2D eigenvalue weighted by molar-refractivity contribution is 7.29. The Morgan fingerprint density at radius 1 is 0.806 bits per heavy atom. The van der Waals surface area contributed by atoms with Gasteiger partial charge in [0.25, 0.3) is 0 Å². The van der Waals surface area contributed by atoms with Crippen molar-refractivity contribution < 1.29 is 14.8 Å². The lowest BCUT2D eigenvalue weighted by Gasteiger charge is -2.38. The highest BCUT2D eigenvalue weighted by atomic mass is 32.1. The van der Waals surface area contributed by atoms with Gasteiger partial charge in [-0.2, -0.15) is 0 Å². The van der Waals surface area contributed by atoms with Crippen molar-refractivity contribution in [3.05, 3.63) is 41.3 Å². The van der Waals surface area contributed by atoms with Crippen molar-refractivity contribution in [3.63, 3.8) is 0 Å². The molecule has 0 bridgehead atoms. The fraction of sp³-hybridized carbons (Fsp3) is 0.500. The van der Waals surface area contributed by atoms with Crippen LogP contribution in [0.2, 0.25) is 0 Å². The maximum absolute atomic E-state index is 10.6. The van der Waals surface area contributed by atoms with Crippen LogP contribution in [0.5, 0.6) is 0 Å². The van der Waals surface area contributed by atoms with E-state index < -0.39 is 18.3 Å². The van der Waals surface area contributed by atoms with Gasteiger partial charge in [-0.1, -0.05) is 32.3 Å². The lowest BCUT2D eigenvalue weighted by atomic mass is 9.82. The molecule has 31 heavy (non-hydrogen) atoms. The van der Waals surface area contributed by atoms with E-state index in [1.165, 1.54) is 62.9 Å². The summed E-state index contributed by atoms with van der Waals surface area (Å²) in [6.45, 7) is 9.20. The second kappa shape index (κ2) is 10.3. The Kier molecular flexibility index (Phi) is 8.22. The second-order valence-electron chi connectivity index (χ2n) is 8.98. The van der Waals surface area contributed by atoms with E-state index in [2.05, 4.69) is 31.2 Å². The summed E-state index contributed by atoms with van der Waals surface area (Å²) in [4.78, 5) is 6.39. The summed E-state index contributed by atoms with van der Waals surface area (Å²) < 4.78 is 6.53. The van der Waals surface area contributed by atoms with Crippen molar-refractivity contribution in [1.29, 1.82) is 0 Å². The molecular weight excluding hydrogens is 443 g/mol. The Bertz CT molecular complexity index is 965. The van der Waals surface area contributed by atoms with Gasteiger partial charge >= 0.3 is 7.12 Å². The molecule has 0 saturated heterocycles. The summed E-state index contributed by atoms with van der Waals surface area (Å²) in [6, 6.07) is 12.8. The van der Waals surface area contributed by atoms with E-state index in [0.717, 1.165) is 9.65 Å². The van der Waals surface area contributed by atoms with E-state index in [0.29, 0.717) is 0 Å². The van der Waals surface area contributed by atoms with Crippen molar-refractivity contribution in [3.8, 4) is 19.5 Å². The molecule has 0 unspecified atom stereocenters. The van der Waals surface area contributed by atoms with Gasteiger partial charge < -0.3 is 14.8 Å². The van der Waals surface area contributed by atoms with Gasteiger partial charge in [-0.05, 0) is 70.9 Å². The Morgan fingerprint density at radius 3 is 2.03 bits per heavy atom. The van der Waals surface area contributed by atoms with Crippen LogP contribution in [0.3, 0.4) is 0 Å². The van der Waals surface area contributed by atoms with E-state index in [-0.39, 0.29) is 0 Å². The Labute approximate surface area is 198 Å². The first-order valence-electron chi connectivity index (χ1n) is 11.0. The quantitative estimate of drug-likeness (QED) is 0.243. The highest BCUT2D eigenvalue weighted by Gasteiger charge is 2.40. The molecule has 0 atom stereocenters. The molecular formula is C24H33BO3S3. The Morgan fingerprint density at radius 2 is 1.39 bits per heavy atom. The standard InChI is InChI=1S/C24H33BO3S3/c1-6-7-8-9-10-17-11-12-18(29-17)19-13-14-20(30-19)21-15-16-22(31-21)25(27)28-24(4,5)23(2,3)26/h11-16,26-27H,6-10H2,1-5H3. The molecule has 168 valence electrons. The maximum Gasteiger partial charge on any atom is 0.502 e. The van der Waals surface area contributed by atoms with Crippen LogP contribution >= 0.6 is 34.0 Å². The van der Waals surface area contributed by atoms with Gasteiger partial charge in [-0.15, -0.1) is 34.0 Å². The van der Waals surface area contributed by atoms with Crippen LogP contribution in [0, 0.1) is 0 Å². The molecule has 0 saturated carbocycles. The molecule has 0 aliphatic rings. The topological polar surface area (TPSA) is 49.7 Å². The average Bonchev–Trinajstić information content (AvgIpc) is 3.43. The number of aryl methyl sites for hydroxylation is 1. The first-order chi connectivity index (χ1) is 14.6. The van der Waals surface area contributed by atoms with Crippen LogP contribution in [-0.4, -0.2) is 28.5 Å². The van der Waals surface area contributed by atoms with E-state index in [9.17, 15) is 10.1 Å². The molecule has 3 nitrogen and oxygen atoms in total. The zero-order valence-corrected chi connectivity index (χ0v) is 21.6. The molecule has 3 aromatic rings. The molecule has 0 radical (unpaired) electrons. The maximum atomic E-state index is 10.6. The number of aliphatic hydroxyl groups is 1. The third-order valence-corrected chi connectivity index (χ3v) is 9.52. The van der Waals surface area contributed by atoms with Crippen LogP contribution in [0.1, 0.15) is 65.2 Å².